The van der Waals surface area contributed by atoms with E-state index in [0.717, 1.165) is 0 Å². The number of aryl methyl sites for hydroxylation is 2. The molecule has 0 atom stereocenters. The first kappa shape index (κ1) is 18.5. The Labute approximate surface area is 183 Å². The molecule has 6 rings (SSSR count). The van der Waals surface area contributed by atoms with Crippen LogP contribution >= 0.6 is 0 Å². The minimum Gasteiger partial charge on any atom is -0.344 e. The van der Waals surface area contributed by atoms with Crippen molar-refractivity contribution in [3.63, 3.8) is 0 Å². The molecule has 0 fully saturated rings. The van der Waals surface area contributed by atoms with E-state index in [0.29, 0.717) is 0 Å². The van der Waals surface area contributed by atoms with Gasteiger partial charge in [-0.3, -0.25) is 0 Å². The lowest BCUT2D eigenvalue weighted by atomic mass is 10.1. The molecule has 2 nitrogen and oxygen atoms in total. The highest BCUT2D eigenvalue weighted by atomic mass is 28.3. The maximum Gasteiger partial charge on any atom is 0.112 e. The van der Waals surface area contributed by atoms with E-state index in [2.05, 4.69) is 121 Å². The number of para-hydroxylation sites is 2. The molecule has 0 unspecified atom stereocenters. The normalized spacial score (nSPS) is 12.5. The van der Waals surface area contributed by atoms with Gasteiger partial charge < -0.3 is 9.13 Å². The summed E-state index contributed by atoms with van der Waals surface area (Å²) >= 11 is 0. The van der Waals surface area contributed by atoms with Crippen molar-refractivity contribution in [2.24, 2.45) is 14.1 Å². The van der Waals surface area contributed by atoms with E-state index in [1.165, 1.54) is 54.0 Å². The lowest BCUT2D eigenvalue weighted by Gasteiger charge is -2.24. The van der Waals surface area contributed by atoms with E-state index in [9.17, 15) is 0 Å². The van der Waals surface area contributed by atoms with Crippen molar-refractivity contribution in [1.82, 2.24) is 9.13 Å². The van der Waals surface area contributed by atoms with Crippen LogP contribution in [0.4, 0.5) is 0 Å². The molecule has 6 aromatic rings. The number of aromatic nitrogens is 2. The maximum atomic E-state index is 2.48. The van der Waals surface area contributed by atoms with Gasteiger partial charge in [0.05, 0.1) is 0 Å². The Hall–Kier alpha value is -3.30. The third kappa shape index (κ3) is 2.50. The molecule has 4 aromatic carbocycles. The van der Waals surface area contributed by atoms with Crippen LogP contribution in [0.25, 0.3) is 43.6 Å². The number of hydrogen-bond acceptors (Lipinski definition) is 0. The van der Waals surface area contributed by atoms with E-state index in [4.69, 9.17) is 0 Å². The van der Waals surface area contributed by atoms with Gasteiger partial charge in [-0.25, -0.2) is 0 Å². The van der Waals surface area contributed by atoms with Gasteiger partial charge in [-0.1, -0.05) is 84.1 Å². The largest absolute Gasteiger partial charge is 0.344 e. The summed E-state index contributed by atoms with van der Waals surface area (Å²) in [6, 6.07) is 31.7. The summed E-state index contributed by atoms with van der Waals surface area (Å²) in [5.41, 5.74) is 5.20. The fraction of sp³-hybridized carbons (Fsp3) is 0.143. The van der Waals surface area contributed by atoms with E-state index in [1.807, 2.05) is 0 Å². The minimum atomic E-state index is -1.86. The summed E-state index contributed by atoms with van der Waals surface area (Å²) in [5.74, 6) is 0. The lowest BCUT2D eigenvalue weighted by Crippen LogP contribution is -2.52. The van der Waals surface area contributed by atoms with E-state index < -0.39 is 8.07 Å². The van der Waals surface area contributed by atoms with Crippen LogP contribution in [0.2, 0.25) is 13.1 Å². The molecule has 2 heterocycles. The second-order valence-electron chi connectivity index (χ2n) is 9.24. The maximum absolute atomic E-state index is 2.48. The molecular weight excluding hydrogens is 392 g/mol. The third-order valence-electron chi connectivity index (χ3n) is 7.27. The predicted molar refractivity (Wildman–Crippen MR) is 138 cm³/mol. The molecule has 0 N–H and O–H groups in total. The van der Waals surface area contributed by atoms with Crippen molar-refractivity contribution >= 4 is 62.1 Å². The Morgan fingerprint density at radius 3 is 1.32 bits per heavy atom. The van der Waals surface area contributed by atoms with Crippen molar-refractivity contribution in [3.05, 3.63) is 84.9 Å². The van der Waals surface area contributed by atoms with Gasteiger partial charge in [0.15, 0.2) is 0 Å². The molecule has 0 aliphatic carbocycles. The van der Waals surface area contributed by atoms with E-state index >= 15 is 0 Å². The zero-order valence-electron chi connectivity index (χ0n) is 18.5. The first-order valence-electron chi connectivity index (χ1n) is 10.9. The lowest BCUT2D eigenvalue weighted by molar-refractivity contribution is 1.01. The van der Waals surface area contributed by atoms with Gasteiger partial charge in [0.1, 0.15) is 8.07 Å². The van der Waals surface area contributed by atoms with Gasteiger partial charge in [-0.15, -0.1) is 0 Å². The van der Waals surface area contributed by atoms with Crippen LogP contribution in [0.15, 0.2) is 84.9 Å². The topological polar surface area (TPSA) is 9.86 Å². The smallest absolute Gasteiger partial charge is 0.112 e. The second kappa shape index (κ2) is 6.35. The molecule has 0 spiro atoms. The molecule has 0 bridgehead atoms. The zero-order chi connectivity index (χ0) is 21.3. The third-order valence-corrected chi connectivity index (χ3v) is 10.8. The molecule has 31 heavy (non-hydrogen) atoms. The molecular formula is C28H26N2Si. The Morgan fingerprint density at radius 1 is 0.484 bits per heavy atom. The van der Waals surface area contributed by atoms with Crippen LogP contribution in [-0.2, 0) is 14.1 Å². The average Bonchev–Trinajstić information content (AvgIpc) is 3.26. The van der Waals surface area contributed by atoms with Gasteiger partial charge in [0, 0.05) is 57.7 Å². The summed E-state index contributed by atoms with van der Waals surface area (Å²) < 4.78 is 4.62. The van der Waals surface area contributed by atoms with Crippen molar-refractivity contribution in [3.8, 4) is 0 Å². The van der Waals surface area contributed by atoms with Crippen LogP contribution in [-0.4, -0.2) is 17.2 Å². The highest BCUT2D eigenvalue weighted by Gasteiger charge is 2.27. The van der Waals surface area contributed by atoms with E-state index in [-0.39, 0.29) is 0 Å². The van der Waals surface area contributed by atoms with Gasteiger partial charge in [0.25, 0.3) is 0 Å². The van der Waals surface area contributed by atoms with Crippen molar-refractivity contribution in [2.45, 2.75) is 13.1 Å². The fourth-order valence-electron chi connectivity index (χ4n) is 5.28. The van der Waals surface area contributed by atoms with Gasteiger partial charge in [-0.05, 0) is 24.3 Å². The molecule has 0 amide bonds. The summed E-state index contributed by atoms with van der Waals surface area (Å²) in [5, 5.41) is 8.38. The van der Waals surface area contributed by atoms with Crippen molar-refractivity contribution < 1.29 is 0 Å². The number of fused-ring (bicyclic) bond motifs is 6. The van der Waals surface area contributed by atoms with Crippen molar-refractivity contribution in [1.29, 1.82) is 0 Å². The molecule has 152 valence electrons. The molecule has 0 saturated heterocycles. The summed E-state index contributed by atoms with van der Waals surface area (Å²) in [6.45, 7) is 4.96. The van der Waals surface area contributed by atoms with Gasteiger partial charge >= 0.3 is 0 Å². The number of rotatable bonds is 2. The number of nitrogens with zero attached hydrogens (tertiary/aromatic N) is 2. The molecule has 3 heteroatoms. The first-order valence-corrected chi connectivity index (χ1v) is 13.9. The molecule has 0 saturated carbocycles. The summed E-state index contributed by atoms with van der Waals surface area (Å²) in [7, 11) is 2.47. The Balaban J connectivity index is 1.57. The predicted octanol–water partition coefficient (Wildman–Crippen LogP) is 5.80. The van der Waals surface area contributed by atoms with Crippen LogP contribution in [0.3, 0.4) is 0 Å². The molecule has 0 aliphatic heterocycles. The van der Waals surface area contributed by atoms with Crippen LogP contribution < -0.4 is 10.4 Å². The number of benzene rings is 4. The Bertz CT molecular complexity index is 1510. The average molecular weight is 419 g/mol. The van der Waals surface area contributed by atoms with Gasteiger partial charge in [-0.2, -0.15) is 0 Å². The van der Waals surface area contributed by atoms with E-state index in [1.54, 1.807) is 0 Å². The monoisotopic (exact) mass is 418 g/mol. The molecule has 0 aliphatic rings. The van der Waals surface area contributed by atoms with Gasteiger partial charge in [0.2, 0.25) is 0 Å². The fourth-order valence-corrected chi connectivity index (χ4v) is 7.62. The number of hydrogen-bond donors (Lipinski definition) is 0. The standard InChI is InChI=1S/C28H26N2Si/c1-29-25-11-7-5-9-21(25)23-17-19(13-15-27(23)29)31(3,4)20-14-16-28-24(18-20)22-10-6-8-12-26(22)30(28)2/h5-18H,1-4H3. The summed E-state index contributed by atoms with van der Waals surface area (Å²) in [4.78, 5) is 0. The zero-order valence-corrected chi connectivity index (χ0v) is 19.5. The van der Waals surface area contributed by atoms with Crippen LogP contribution in [0.5, 0.6) is 0 Å². The molecule has 0 radical (unpaired) electrons. The van der Waals surface area contributed by atoms with Crippen LogP contribution in [0, 0.1) is 0 Å². The Kier molecular flexibility index (Phi) is 3.78. The molecule has 2 aromatic heterocycles. The SMILES string of the molecule is Cn1c2ccccc2c2cc([Si](C)(C)c3ccc4c(c3)c3ccccc3n4C)ccc21. The second-order valence-corrected chi connectivity index (χ2v) is 13.6. The summed E-state index contributed by atoms with van der Waals surface area (Å²) in [6.07, 6.45) is 0. The van der Waals surface area contributed by atoms with Crippen LogP contribution in [0.1, 0.15) is 0 Å². The Morgan fingerprint density at radius 2 is 0.871 bits per heavy atom. The quantitative estimate of drug-likeness (QED) is 0.315. The van der Waals surface area contributed by atoms with Crippen molar-refractivity contribution in [2.75, 3.05) is 0 Å². The highest BCUT2D eigenvalue weighted by Crippen LogP contribution is 2.29. The first-order chi connectivity index (χ1) is 15.0. The highest BCUT2D eigenvalue weighted by molar-refractivity contribution is 7.00. The minimum absolute atomic E-state index is 1.30.